The van der Waals surface area contributed by atoms with Crippen molar-refractivity contribution in [3.8, 4) is 0 Å². The summed E-state index contributed by atoms with van der Waals surface area (Å²) in [5.41, 5.74) is 4.88. The number of sulfonamides is 1. The van der Waals surface area contributed by atoms with E-state index in [1.165, 1.54) is 33.3 Å². The van der Waals surface area contributed by atoms with Gasteiger partial charge in [-0.2, -0.15) is 0 Å². The number of hydrogen-bond acceptors (Lipinski definition) is 4. The molecule has 1 heterocycles. The number of amides is 1. The molecule has 1 saturated heterocycles. The number of aryl methyl sites for hydroxylation is 1. The van der Waals surface area contributed by atoms with Crippen molar-refractivity contribution in [1.29, 1.82) is 0 Å². The molecule has 0 saturated carbocycles. The van der Waals surface area contributed by atoms with Gasteiger partial charge in [0.25, 0.3) is 15.9 Å². The molecule has 4 rings (SSSR count). The Hall–Kier alpha value is -3.32. The molecule has 0 radical (unpaired) electrons. The molecule has 3 aromatic carbocycles. The lowest BCUT2D eigenvalue weighted by atomic mass is 10.1. The molecule has 1 amide bonds. The monoisotopic (exact) mass is 477 g/mol. The third-order valence-corrected chi connectivity index (χ3v) is 8.42. The third-order valence-electron chi connectivity index (χ3n) is 6.50. The maximum absolute atomic E-state index is 13.2. The number of para-hydroxylation sites is 1. The van der Waals surface area contributed by atoms with Crippen LogP contribution >= 0.6 is 0 Å². The van der Waals surface area contributed by atoms with Gasteiger partial charge >= 0.3 is 0 Å². The van der Waals surface area contributed by atoms with E-state index in [0.29, 0.717) is 30.9 Å². The molecule has 0 atom stereocenters. The van der Waals surface area contributed by atoms with Crippen LogP contribution in [-0.4, -0.2) is 51.9 Å². The van der Waals surface area contributed by atoms with Crippen molar-refractivity contribution >= 4 is 27.3 Å². The Morgan fingerprint density at radius 1 is 0.853 bits per heavy atom. The quantitative estimate of drug-likeness (QED) is 0.525. The van der Waals surface area contributed by atoms with Gasteiger partial charge in [-0.1, -0.05) is 30.3 Å². The lowest BCUT2D eigenvalue weighted by Gasteiger charge is -2.37. The highest BCUT2D eigenvalue weighted by molar-refractivity contribution is 7.92. The predicted molar refractivity (Wildman–Crippen MR) is 137 cm³/mol. The van der Waals surface area contributed by atoms with Crippen molar-refractivity contribution in [2.75, 3.05) is 41.9 Å². The van der Waals surface area contributed by atoms with Crippen LogP contribution in [0.1, 0.15) is 28.4 Å². The molecule has 34 heavy (non-hydrogen) atoms. The van der Waals surface area contributed by atoms with Crippen molar-refractivity contribution < 1.29 is 13.2 Å². The molecular formula is C27H31N3O3S. The molecule has 3 aromatic rings. The second-order valence-corrected chi connectivity index (χ2v) is 10.4. The zero-order valence-electron chi connectivity index (χ0n) is 19.9. The SMILES string of the molecule is CCN(c1ccccc1)S(=O)(=O)c1ccc(C(=O)N2CCN(c3cccc(C)c3C)CC2)cc1. The first-order chi connectivity index (χ1) is 16.3. The molecule has 0 N–H and O–H groups in total. The fourth-order valence-corrected chi connectivity index (χ4v) is 5.87. The maximum atomic E-state index is 13.2. The largest absolute Gasteiger partial charge is 0.368 e. The first kappa shape index (κ1) is 23.8. The zero-order chi connectivity index (χ0) is 24.3. The lowest BCUT2D eigenvalue weighted by Crippen LogP contribution is -2.49. The number of anilines is 2. The van der Waals surface area contributed by atoms with Crippen LogP contribution in [0.15, 0.2) is 77.7 Å². The van der Waals surface area contributed by atoms with Crippen LogP contribution in [0.5, 0.6) is 0 Å². The van der Waals surface area contributed by atoms with E-state index in [4.69, 9.17) is 0 Å². The minimum Gasteiger partial charge on any atom is -0.368 e. The summed E-state index contributed by atoms with van der Waals surface area (Å²) in [6, 6.07) is 21.6. The summed E-state index contributed by atoms with van der Waals surface area (Å²) in [6.07, 6.45) is 0. The molecule has 0 aromatic heterocycles. The van der Waals surface area contributed by atoms with Gasteiger partial charge in [-0.25, -0.2) is 8.42 Å². The fraction of sp³-hybridized carbons (Fsp3) is 0.296. The van der Waals surface area contributed by atoms with E-state index in [2.05, 4.69) is 36.9 Å². The summed E-state index contributed by atoms with van der Waals surface area (Å²) in [4.78, 5) is 17.4. The highest BCUT2D eigenvalue weighted by Gasteiger charge is 2.26. The summed E-state index contributed by atoms with van der Waals surface area (Å²) in [6.45, 7) is 9.17. The van der Waals surface area contributed by atoms with E-state index in [1.807, 2.05) is 23.1 Å². The Morgan fingerprint density at radius 3 is 2.12 bits per heavy atom. The van der Waals surface area contributed by atoms with Gasteiger partial charge in [0.15, 0.2) is 0 Å². The van der Waals surface area contributed by atoms with Crippen molar-refractivity contribution in [3.05, 3.63) is 89.5 Å². The molecule has 1 aliphatic heterocycles. The van der Waals surface area contributed by atoms with Crippen molar-refractivity contribution in [2.45, 2.75) is 25.7 Å². The Labute approximate surface area is 202 Å². The summed E-state index contributed by atoms with van der Waals surface area (Å²) in [5, 5.41) is 0. The Morgan fingerprint density at radius 2 is 1.50 bits per heavy atom. The Balaban J connectivity index is 1.45. The summed E-state index contributed by atoms with van der Waals surface area (Å²) in [7, 11) is -3.72. The number of rotatable bonds is 6. The van der Waals surface area contributed by atoms with Gasteiger partial charge in [-0.15, -0.1) is 0 Å². The van der Waals surface area contributed by atoms with Crippen LogP contribution < -0.4 is 9.21 Å². The number of piperazine rings is 1. The van der Waals surface area contributed by atoms with Gasteiger partial charge in [0.05, 0.1) is 10.6 Å². The van der Waals surface area contributed by atoms with Crippen LogP contribution in [0.25, 0.3) is 0 Å². The van der Waals surface area contributed by atoms with Gasteiger partial charge in [-0.3, -0.25) is 9.10 Å². The van der Waals surface area contributed by atoms with E-state index in [-0.39, 0.29) is 10.8 Å². The third kappa shape index (κ3) is 4.66. The van der Waals surface area contributed by atoms with Crippen LogP contribution in [0.3, 0.4) is 0 Å². The van der Waals surface area contributed by atoms with Crippen LogP contribution in [0, 0.1) is 13.8 Å². The van der Waals surface area contributed by atoms with Gasteiger partial charge < -0.3 is 9.80 Å². The summed E-state index contributed by atoms with van der Waals surface area (Å²) in [5.74, 6) is -0.0695. The average Bonchev–Trinajstić information content (AvgIpc) is 2.86. The average molecular weight is 478 g/mol. The number of carbonyl (C=O) groups excluding carboxylic acids is 1. The fourth-order valence-electron chi connectivity index (χ4n) is 4.39. The minimum atomic E-state index is -3.72. The number of hydrogen-bond donors (Lipinski definition) is 0. The van der Waals surface area contributed by atoms with Crippen LogP contribution in [0.4, 0.5) is 11.4 Å². The van der Waals surface area contributed by atoms with E-state index in [0.717, 1.165) is 13.1 Å². The number of carbonyl (C=O) groups is 1. The van der Waals surface area contributed by atoms with Gasteiger partial charge in [-0.05, 0) is 74.4 Å². The smallest absolute Gasteiger partial charge is 0.264 e. The predicted octanol–water partition coefficient (Wildman–Crippen LogP) is 4.48. The highest BCUT2D eigenvalue weighted by atomic mass is 32.2. The van der Waals surface area contributed by atoms with E-state index in [9.17, 15) is 13.2 Å². The van der Waals surface area contributed by atoms with E-state index >= 15 is 0 Å². The Bertz CT molecular complexity index is 1250. The number of nitrogens with zero attached hydrogens (tertiary/aromatic N) is 3. The highest BCUT2D eigenvalue weighted by Crippen LogP contribution is 2.26. The van der Waals surface area contributed by atoms with Crippen LogP contribution in [-0.2, 0) is 10.0 Å². The first-order valence-electron chi connectivity index (χ1n) is 11.6. The zero-order valence-corrected chi connectivity index (χ0v) is 20.8. The molecule has 0 spiro atoms. The number of benzene rings is 3. The lowest BCUT2D eigenvalue weighted by molar-refractivity contribution is 0.0746. The molecule has 6 nitrogen and oxygen atoms in total. The Kier molecular flexibility index (Phi) is 6.93. The summed E-state index contributed by atoms with van der Waals surface area (Å²) < 4.78 is 27.8. The second-order valence-electron chi connectivity index (χ2n) is 8.53. The van der Waals surface area contributed by atoms with E-state index in [1.54, 1.807) is 31.2 Å². The van der Waals surface area contributed by atoms with Crippen molar-refractivity contribution in [1.82, 2.24) is 4.90 Å². The maximum Gasteiger partial charge on any atom is 0.264 e. The normalized spacial score (nSPS) is 14.2. The molecule has 1 aliphatic rings. The molecule has 0 aliphatic carbocycles. The molecule has 7 heteroatoms. The van der Waals surface area contributed by atoms with Crippen molar-refractivity contribution in [3.63, 3.8) is 0 Å². The molecule has 178 valence electrons. The minimum absolute atomic E-state index is 0.0695. The summed E-state index contributed by atoms with van der Waals surface area (Å²) >= 11 is 0. The van der Waals surface area contributed by atoms with Gasteiger partial charge in [0.2, 0.25) is 0 Å². The van der Waals surface area contributed by atoms with E-state index < -0.39 is 10.0 Å². The standard InChI is InChI=1S/C27H31N3O3S/c1-4-30(24-10-6-5-7-11-24)34(32,33)25-15-13-23(14-16-25)27(31)29-19-17-28(18-20-29)26-12-8-9-21(2)22(26)3/h5-16H,4,17-20H2,1-3H3. The molecule has 1 fully saturated rings. The van der Waals surface area contributed by atoms with Crippen molar-refractivity contribution in [2.24, 2.45) is 0 Å². The topological polar surface area (TPSA) is 60.9 Å². The molecule has 0 unspecified atom stereocenters. The molecule has 0 bridgehead atoms. The van der Waals surface area contributed by atoms with Gasteiger partial charge in [0.1, 0.15) is 0 Å². The van der Waals surface area contributed by atoms with Gasteiger partial charge in [0, 0.05) is 44.0 Å². The first-order valence-corrected chi connectivity index (χ1v) is 13.0. The van der Waals surface area contributed by atoms with Crippen LogP contribution in [0.2, 0.25) is 0 Å². The second kappa shape index (κ2) is 9.89. The molecular weight excluding hydrogens is 446 g/mol.